The summed E-state index contributed by atoms with van der Waals surface area (Å²) in [6.45, 7) is 2.50. The van der Waals surface area contributed by atoms with Crippen molar-refractivity contribution in [1.29, 1.82) is 0 Å². The summed E-state index contributed by atoms with van der Waals surface area (Å²) in [6.07, 6.45) is 8.25. The molecular formula is C26H26N2O4S. The second kappa shape index (κ2) is 9.58. The number of thiophene rings is 1. The first-order chi connectivity index (χ1) is 15.9. The van der Waals surface area contributed by atoms with E-state index < -0.39 is 11.5 Å². The zero-order chi connectivity index (χ0) is 23.4. The number of allylic oxidation sites excluding steroid dienone is 1. The van der Waals surface area contributed by atoms with Crippen LogP contribution in [0.2, 0.25) is 0 Å². The first-order valence-electron chi connectivity index (χ1n) is 11.0. The van der Waals surface area contributed by atoms with Crippen molar-refractivity contribution in [3.63, 3.8) is 0 Å². The number of aliphatic carboxylic acids is 1. The Hall–Kier alpha value is -3.45. The standard InChI is InChI=1S/C26H26N2O4S/c1-18-8-10-19(11-9-18)23(29)21-7-5-17-28(21)16-4-6-20-12-13-22(33-20)24(30)27-26(25(31)32)14-2-3-15-26/h4-13,17H,2-3,14-16H2,1H3,(H,27,30)(H,31,32)/b6-4+. The molecule has 1 aromatic carbocycles. The second-order valence-electron chi connectivity index (χ2n) is 8.39. The molecule has 33 heavy (non-hydrogen) atoms. The van der Waals surface area contributed by atoms with Gasteiger partial charge in [-0.25, -0.2) is 4.79 Å². The number of aromatic nitrogens is 1. The zero-order valence-corrected chi connectivity index (χ0v) is 19.2. The van der Waals surface area contributed by atoms with Crippen molar-refractivity contribution in [2.75, 3.05) is 0 Å². The SMILES string of the molecule is Cc1ccc(C(=O)c2cccn2C/C=C/c2ccc(C(=O)NC3(C(=O)O)CCCC3)s2)cc1. The Balaban J connectivity index is 1.40. The minimum absolute atomic E-state index is 0.0252. The Bertz CT molecular complexity index is 1200. The molecule has 1 saturated carbocycles. The highest BCUT2D eigenvalue weighted by molar-refractivity contribution is 7.14. The van der Waals surface area contributed by atoms with Gasteiger partial charge >= 0.3 is 5.97 Å². The van der Waals surface area contributed by atoms with Gasteiger partial charge in [-0.3, -0.25) is 9.59 Å². The molecule has 1 aliphatic carbocycles. The van der Waals surface area contributed by atoms with Crippen LogP contribution in [0.15, 0.2) is 60.8 Å². The Kier molecular flexibility index (Phi) is 6.60. The van der Waals surface area contributed by atoms with Crippen molar-refractivity contribution >= 4 is 35.1 Å². The van der Waals surface area contributed by atoms with Crippen molar-refractivity contribution < 1.29 is 19.5 Å². The van der Waals surface area contributed by atoms with Crippen LogP contribution in [0.5, 0.6) is 0 Å². The molecule has 1 amide bonds. The van der Waals surface area contributed by atoms with Gasteiger partial charge in [0.15, 0.2) is 0 Å². The van der Waals surface area contributed by atoms with Crippen LogP contribution in [0.4, 0.5) is 0 Å². The van der Waals surface area contributed by atoms with Gasteiger partial charge in [0, 0.05) is 23.2 Å². The Labute approximate surface area is 196 Å². The van der Waals surface area contributed by atoms with Gasteiger partial charge in [-0.05, 0) is 50.1 Å². The number of carbonyl (C=O) groups excluding carboxylic acids is 2. The molecule has 0 atom stereocenters. The van der Waals surface area contributed by atoms with Gasteiger partial charge in [-0.15, -0.1) is 11.3 Å². The maximum Gasteiger partial charge on any atom is 0.329 e. The molecule has 0 saturated heterocycles. The molecular weight excluding hydrogens is 436 g/mol. The van der Waals surface area contributed by atoms with E-state index in [4.69, 9.17) is 0 Å². The van der Waals surface area contributed by atoms with Crippen LogP contribution in [0, 0.1) is 6.92 Å². The third-order valence-corrected chi connectivity index (χ3v) is 7.08. The van der Waals surface area contributed by atoms with Crippen LogP contribution >= 0.6 is 11.3 Å². The molecule has 7 heteroatoms. The highest BCUT2D eigenvalue weighted by atomic mass is 32.1. The van der Waals surface area contributed by atoms with Crippen LogP contribution < -0.4 is 5.32 Å². The van der Waals surface area contributed by atoms with E-state index in [1.54, 1.807) is 6.07 Å². The zero-order valence-electron chi connectivity index (χ0n) is 18.4. The largest absolute Gasteiger partial charge is 0.480 e. The number of carbonyl (C=O) groups is 3. The monoisotopic (exact) mass is 462 g/mol. The number of rotatable bonds is 8. The summed E-state index contributed by atoms with van der Waals surface area (Å²) in [7, 11) is 0. The maximum absolute atomic E-state index is 12.8. The van der Waals surface area contributed by atoms with Crippen molar-refractivity contribution in [1.82, 2.24) is 9.88 Å². The summed E-state index contributed by atoms with van der Waals surface area (Å²) in [5, 5.41) is 12.3. The van der Waals surface area contributed by atoms with Gasteiger partial charge in [-0.2, -0.15) is 0 Å². The molecule has 0 spiro atoms. The summed E-state index contributed by atoms with van der Waals surface area (Å²) < 4.78 is 1.89. The molecule has 0 radical (unpaired) electrons. The average molecular weight is 463 g/mol. The first-order valence-corrected chi connectivity index (χ1v) is 11.8. The number of nitrogens with zero attached hydrogens (tertiary/aromatic N) is 1. The average Bonchev–Trinajstić information content (AvgIpc) is 3.55. The number of aryl methyl sites for hydroxylation is 1. The van der Waals surface area contributed by atoms with Gasteiger partial charge in [0.05, 0.1) is 10.6 Å². The van der Waals surface area contributed by atoms with E-state index in [1.807, 2.05) is 72.3 Å². The topological polar surface area (TPSA) is 88.4 Å². The Morgan fingerprint density at radius 3 is 2.52 bits per heavy atom. The number of carboxylic acids is 1. The highest BCUT2D eigenvalue weighted by Gasteiger charge is 2.42. The fraction of sp³-hybridized carbons (Fsp3) is 0.269. The number of ketones is 1. The van der Waals surface area contributed by atoms with E-state index in [0.717, 1.165) is 23.3 Å². The Morgan fingerprint density at radius 1 is 1.09 bits per heavy atom. The van der Waals surface area contributed by atoms with Crippen molar-refractivity contribution in [3.05, 3.63) is 87.4 Å². The van der Waals surface area contributed by atoms with Crippen LogP contribution in [0.25, 0.3) is 6.08 Å². The molecule has 1 aliphatic rings. The fourth-order valence-electron chi connectivity index (χ4n) is 4.13. The summed E-state index contributed by atoms with van der Waals surface area (Å²) in [5.74, 6) is -1.34. The molecule has 6 nitrogen and oxygen atoms in total. The molecule has 2 aromatic heterocycles. The molecule has 0 unspecified atom stereocenters. The third-order valence-electron chi connectivity index (χ3n) is 6.03. The van der Waals surface area contributed by atoms with Gasteiger partial charge in [-0.1, -0.05) is 48.7 Å². The van der Waals surface area contributed by atoms with E-state index >= 15 is 0 Å². The summed E-state index contributed by atoms with van der Waals surface area (Å²) in [6, 6.07) is 14.7. The lowest BCUT2D eigenvalue weighted by atomic mass is 9.98. The summed E-state index contributed by atoms with van der Waals surface area (Å²) in [5.41, 5.74) is 1.23. The lowest BCUT2D eigenvalue weighted by molar-refractivity contribution is -0.144. The molecule has 2 heterocycles. The van der Waals surface area contributed by atoms with Crippen molar-refractivity contribution in [3.8, 4) is 0 Å². The first kappa shape index (κ1) is 22.7. The molecule has 0 aliphatic heterocycles. The quantitative estimate of drug-likeness (QED) is 0.465. The van der Waals surface area contributed by atoms with Crippen LogP contribution in [0.1, 0.15) is 61.8 Å². The lowest BCUT2D eigenvalue weighted by Gasteiger charge is -2.24. The maximum atomic E-state index is 12.8. The minimum Gasteiger partial charge on any atom is -0.480 e. The summed E-state index contributed by atoms with van der Waals surface area (Å²) >= 11 is 1.31. The fourth-order valence-corrected chi connectivity index (χ4v) is 4.96. The van der Waals surface area contributed by atoms with E-state index in [2.05, 4.69) is 5.32 Å². The van der Waals surface area contributed by atoms with Gasteiger partial charge in [0.2, 0.25) is 5.78 Å². The van der Waals surface area contributed by atoms with Gasteiger partial charge < -0.3 is 15.0 Å². The van der Waals surface area contributed by atoms with Crippen molar-refractivity contribution in [2.24, 2.45) is 0 Å². The predicted molar refractivity (Wildman–Crippen MR) is 129 cm³/mol. The van der Waals surface area contributed by atoms with E-state index in [-0.39, 0.29) is 11.7 Å². The minimum atomic E-state index is -1.15. The molecule has 3 aromatic rings. The number of nitrogens with one attached hydrogen (secondary N) is 1. The molecule has 170 valence electrons. The number of benzene rings is 1. The second-order valence-corrected chi connectivity index (χ2v) is 9.51. The number of hydrogen-bond donors (Lipinski definition) is 2. The van der Waals surface area contributed by atoms with E-state index in [9.17, 15) is 19.5 Å². The van der Waals surface area contributed by atoms with E-state index in [1.165, 1.54) is 11.3 Å². The molecule has 1 fully saturated rings. The smallest absolute Gasteiger partial charge is 0.329 e. The van der Waals surface area contributed by atoms with Crippen LogP contribution in [-0.2, 0) is 11.3 Å². The lowest BCUT2D eigenvalue weighted by Crippen LogP contribution is -2.52. The summed E-state index contributed by atoms with van der Waals surface area (Å²) in [4.78, 5) is 38.5. The molecule has 0 bridgehead atoms. The third kappa shape index (κ3) is 4.98. The van der Waals surface area contributed by atoms with Gasteiger partial charge in [0.1, 0.15) is 5.54 Å². The van der Waals surface area contributed by atoms with Gasteiger partial charge in [0.25, 0.3) is 5.91 Å². The Morgan fingerprint density at radius 2 is 1.82 bits per heavy atom. The molecule has 2 N–H and O–H groups in total. The van der Waals surface area contributed by atoms with Crippen LogP contribution in [0.3, 0.4) is 0 Å². The van der Waals surface area contributed by atoms with Crippen molar-refractivity contribution in [2.45, 2.75) is 44.7 Å². The number of amides is 1. The normalized spacial score (nSPS) is 15.1. The number of hydrogen-bond acceptors (Lipinski definition) is 4. The van der Waals surface area contributed by atoms with E-state index in [0.29, 0.717) is 35.5 Å². The molecule has 4 rings (SSSR count). The number of carboxylic acid groups (broad SMARTS) is 1. The van der Waals surface area contributed by atoms with Crippen LogP contribution in [-0.4, -0.2) is 32.9 Å². The predicted octanol–water partition coefficient (Wildman–Crippen LogP) is 4.93. The highest BCUT2D eigenvalue weighted by Crippen LogP contribution is 2.31.